The van der Waals surface area contributed by atoms with Crippen molar-refractivity contribution >= 4 is 34.8 Å². The molecule has 0 radical (unpaired) electrons. The van der Waals surface area contributed by atoms with Gasteiger partial charge < -0.3 is 5.32 Å². The predicted octanol–water partition coefficient (Wildman–Crippen LogP) is 4.56. The summed E-state index contributed by atoms with van der Waals surface area (Å²) >= 11 is 11.9. The fourth-order valence-corrected chi connectivity index (χ4v) is 3.44. The predicted molar refractivity (Wildman–Crippen MR) is 95.1 cm³/mol. The highest BCUT2D eigenvalue weighted by Crippen LogP contribution is 2.26. The maximum atomic E-state index is 12.2. The van der Waals surface area contributed by atoms with Crippen molar-refractivity contribution in [1.82, 2.24) is 4.90 Å². The number of rotatable bonds is 3. The largest absolute Gasteiger partial charge is 0.325 e. The summed E-state index contributed by atoms with van der Waals surface area (Å²) in [4.78, 5) is 14.4. The number of hydrogen-bond donors (Lipinski definition) is 1. The zero-order chi connectivity index (χ0) is 16.6. The number of aryl methyl sites for hydroxylation is 2. The van der Waals surface area contributed by atoms with Gasteiger partial charge in [-0.2, -0.15) is 0 Å². The molecule has 5 heteroatoms. The van der Waals surface area contributed by atoms with Crippen LogP contribution in [0.15, 0.2) is 30.3 Å². The molecule has 1 amide bonds. The van der Waals surface area contributed by atoms with Crippen molar-refractivity contribution in [2.24, 2.45) is 0 Å². The van der Waals surface area contributed by atoms with Crippen LogP contribution in [0.4, 0.5) is 5.69 Å². The van der Waals surface area contributed by atoms with Crippen LogP contribution < -0.4 is 5.32 Å². The maximum Gasteiger partial charge on any atom is 0.238 e. The van der Waals surface area contributed by atoms with E-state index in [1.54, 1.807) is 18.2 Å². The molecule has 1 N–H and O–H groups in total. The number of hydrogen-bond acceptors (Lipinski definition) is 2. The van der Waals surface area contributed by atoms with E-state index in [0.29, 0.717) is 22.3 Å². The third kappa shape index (κ3) is 3.86. The SMILES string of the molecule is Cc1cc2c(cc1C)CN(CC(=O)Nc1cc(Cl)cc(Cl)c1)C2. The van der Waals surface area contributed by atoms with Crippen LogP contribution in [0, 0.1) is 13.8 Å². The summed E-state index contributed by atoms with van der Waals surface area (Å²) in [5.74, 6) is -0.0652. The van der Waals surface area contributed by atoms with E-state index in [2.05, 4.69) is 36.2 Å². The van der Waals surface area contributed by atoms with Gasteiger partial charge in [-0.05, 0) is 54.3 Å². The number of amides is 1. The minimum absolute atomic E-state index is 0.0652. The highest BCUT2D eigenvalue weighted by molar-refractivity contribution is 6.35. The van der Waals surface area contributed by atoms with Crippen molar-refractivity contribution in [2.75, 3.05) is 11.9 Å². The van der Waals surface area contributed by atoms with E-state index in [0.717, 1.165) is 13.1 Å². The highest BCUT2D eigenvalue weighted by atomic mass is 35.5. The van der Waals surface area contributed by atoms with E-state index in [1.165, 1.54) is 22.3 Å². The van der Waals surface area contributed by atoms with E-state index in [-0.39, 0.29) is 5.91 Å². The van der Waals surface area contributed by atoms with Gasteiger partial charge in [0.1, 0.15) is 0 Å². The number of nitrogens with zero attached hydrogens (tertiary/aromatic N) is 1. The van der Waals surface area contributed by atoms with E-state index >= 15 is 0 Å². The average molecular weight is 349 g/mol. The summed E-state index contributed by atoms with van der Waals surface area (Å²) in [7, 11) is 0. The van der Waals surface area contributed by atoms with Crippen LogP contribution in [0.2, 0.25) is 10.0 Å². The lowest BCUT2D eigenvalue weighted by Gasteiger charge is -2.14. The lowest BCUT2D eigenvalue weighted by atomic mass is 10.0. The fraction of sp³-hybridized carbons (Fsp3) is 0.278. The topological polar surface area (TPSA) is 32.3 Å². The highest BCUT2D eigenvalue weighted by Gasteiger charge is 2.21. The molecular formula is C18H18Cl2N2O. The van der Waals surface area contributed by atoms with Crippen molar-refractivity contribution in [3.8, 4) is 0 Å². The molecule has 120 valence electrons. The summed E-state index contributed by atoms with van der Waals surface area (Å²) in [6, 6.07) is 9.47. The van der Waals surface area contributed by atoms with Crippen molar-refractivity contribution in [2.45, 2.75) is 26.9 Å². The van der Waals surface area contributed by atoms with Gasteiger partial charge in [0.2, 0.25) is 5.91 Å². The van der Waals surface area contributed by atoms with Gasteiger partial charge in [0.25, 0.3) is 0 Å². The second-order valence-corrected chi connectivity index (χ2v) is 6.93. The lowest BCUT2D eigenvalue weighted by Crippen LogP contribution is -2.29. The zero-order valence-electron chi connectivity index (χ0n) is 13.1. The first kappa shape index (κ1) is 16.3. The molecular weight excluding hydrogens is 331 g/mol. The van der Waals surface area contributed by atoms with E-state index in [1.807, 2.05) is 0 Å². The van der Waals surface area contributed by atoms with Crippen molar-refractivity contribution in [3.63, 3.8) is 0 Å². The molecule has 3 rings (SSSR count). The Bertz CT molecular complexity index is 723. The van der Waals surface area contributed by atoms with E-state index in [4.69, 9.17) is 23.2 Å². The van der Waals surface area contributed by atoms with Crippen LogP contribution in [0.1, 0.15) is 22.3 Å². The summed E-state index contributed by atoms with van der Waals surface area (Å²) in [5.41, 5.74) is 5.83. The molecule has 0 bridgehead atoms. The maximum absolute atomic E-state index is 12.2. The van der Waals surface area contributed by atoms with Crippen LogP contribution >= 0.6 is 23.2 Å². The number of benzene rings is 2. The van der Waals surface area contributed by atoms with Gasteiger partial charge in [0.05, 0.1) is 6.54 Å². The quantitative estimate of drug-likeness (QED) is 0.881. The molecule has 0 saturated carbocycles. The van der Waals surface area contributed by atoms with E-state index in [9.17, 15) is 4.79 Å². The van der Waals surface area contributed by atoms with E-state index < -0.39 is 0 Å². The monoisotopic (exact) mass is 348 g/mol. The van der Waals surface area contributed by atoms with Crippen molar-refractivity contribution in [1.29, 1.82) is 0 Å². The Labute approximate surface area is 146 Å². The molecule has 1 aliphatic rings. The van der Waals surface area contributed by atoms with Crippen LogP contribution in [-0.2, 0) is 17.9 Å². The second kappa shape index (κ2) is 6.52. The minimum Gasteiger partial charge on any atom is -0.325 e. The Morgan fingerprint density at radius 2 is 1.52 bits per heavy atom. The van der Waals surface area contributed by atoms with Gasteiger partial charge in [-0.25, -0.2) is 0 Å². The van der Waals surface area contributed by atoms with Gasteiger partial charge in [-0.15, -0.1) is 0 Å². The number of halogens is 2. The first-order chi connectivity index (χ1) is 10.9. The molecule has 0 fully saturated rings. The summed E-state index contributed by atoms with van der Waals surface area (Å²) < 4.78 is 0. The molecule has 3 nitrogen and oxygen atoms in total. The third-order valence-electron chi connectivity index (χ3n) is 4.12. The summed E-state index contributed by atoms with van der Waals surface area (Å²) in [6.45, 7) is 6.19. The van der Waals surface area contributed by atoms with Crippen molar-refractivity contribution < 1.29 is 4.79 Å². The molecule has 1 heterocycles. The van der Waals surface area contributed by atoms with Crippen molar-refractivity contribution in [3.05, 3.63) is 62.6 Å². The van der Waals surface area contributed by atoms with Gasteiger partial charge in [-0.1, -0.05) is 35.3 Å². The number of nitrogens with one attached hydrogen (secondary N) is 1. The Balaban J connectivity index is 1.63. The summed E-state index contributed by atoms with van der Waals surface area (Å²) in [5, 5.41) is 3.86. The Hall–Kier alpha value is -1.55. The number of carbonyl (C=O) groups excluding carboxylic acids is 1. The molecule has 2 aromatic rings. The lowest BCUT2D eigenvalue weighted by molar-refractivity contribution is -0.117. The summed E-state index contributed by atoms with van der Waals surface area (Å²) in [6.07, 6.45) is 0. The number of anilines is 1. The van der Waals surface area contributed by atoms with Gasteiger partial charge >= 0.3 is 0 Å². The fourth-order valence-electron chi connectivity index (χ4n) is 2.91. The Morgan fingerprint density at radius 1 is 1.00 bits per heavy atom. The zero-order valence-corrected chi connectivity index (χ0v) is 14.6. The van der Waals surface area contributed by atoms with Crippen LogP contribution in [0.5, 0.6) is 0 Å². The van der Waals surface area contributed by atoms with Gasteiger partial charge in [0.15, 0.2) is 0 Å². The first-order valence-electron chi connectivity index (χ1n) is 7.48. The Kier molecular flexibility index (Phi) is 4.62. The van der Waals surface area contributed by atoms with Gasteiger partial charge in [0, 0.05) is 28.8 Å². The molecule has 1 aliphatic heterocycles. The molecule has 0 aromatic heterocycles. The molecule has 2 aromatic carbocycles. The molecule has 0 saturated heterocycles. The molecule has 23 heavy (non-hydrogen) atoms. The van der Waals surface area contributed by atoms with Gasteiger partial charge in [-0.3, -0.25) is 9.69 Å². The molecule has 0 unspecified atom stereocenters. The smallest absolute Gasteiger partial charge is 0.238 e. The normalized spacial score (nSPS) is 13.9. The molecule has 0 spiro atoms. The molecule has 0 atom stereocenters. The number of fused-ring (bicyclic) bond motifs is 1. The van der Waals surface area contributed by atoms with Crippen LogP contribution in [0.3, 0.4) is 0 Å². The number of carbonyl (C=O) groups is 1. The average Bonchev–Trinajstić information content (AvgIpc) is 2.78. The minimum atomic E-state index is -0.0652. The Morgan fingerprint density at radius 3 is 2.04 bits per heavy atom. The van der Waals surface area contributed by atoms with Crippen LogP contribution in [0.25, 0.3) is 0 Å². The molecule has 0 aliphatic carbocycles. The van der Waals surface area contributed by atoms with Crippen LogP contribution in [-0.4, -0.2) is 17.4 Å². The standard InChI is InChI=1S/C18H18Cl2N2O/c1-11-3-13-8-22(9-14(13)4-12(11)2)10-18(23)21-17-6-15(19)5-16(20)7-17/h3-7H,8-10H2,1-2H3,(H,21,23). The third-order valence-corrected chi connectivity index (χ3v) is 4.55. The first-order valence-corrected chi connectivity index (χ1v) is 8.23. The second-order valence-electron chi connectivity index (χ2n) is 6.06.